The van der Waals surface area contributed by atoms with Gasteiger partial charge in [-0.05, 0) is 17.5 Å². The predicted molar refractivity (Wildman–Crippen MR) is 84.3 cm³/mol. The lowest BCUT2D eigenvalue weighted by Crippen LogP contribution is -2.03. The highest BCUT2D eigenvalue weighted by molar-refractivity contribution is 6.01. The number of fused-ring (bicyclic) bond motifs is 1. The van der Waals surface area contributed by atoms with E-state index >= 15 is 0 Å². The second-order valence-corrected chi connectivity index (χ2v) is 5.29. The van der Waals surface area contributed by atoms with Gasteiger partial charge in [0.15, 0.2) is 0 Å². The third-order valence-corrected chi connectivity index (χ3v) is 3.81. The first-order valence-electron chi connectivity index (χ1n) is 7.22. The number of esters is 1. The molecule has 0 unspecified atom stereocenters. The van der Waals surface area contributed by atoms with Gasteiger partial charge in [-0.2, -0.15) is 0 Å². The van der Waals surface area contributed by atoms with Crippen LogP contribution < -0.4 is 0 Å². The first-order valence-corrected chi connectivity index (χ1v) is 7.22. The van der Waals surface area contributed by atoms with Gasteiger partial charge in [0.25, 0.3) is 0 Å². The largest absolute Gasteiger partial charge is 0.465 e. The topological polar surface area (TPSA) is 59.4 Å². The summed E-state index contributed by atoms with van der Waals surface area (Å²) in [5.74, 6) is -3.93. The Hall–Kier alpha value is -2.93. The molecule has 128 valence electrons. The van der Waals surface area contributed by atoms with E-state index in [1.807, 2.05) is 0 Å². The molecule has 1 heterocycles. The summed E-state index contributed by atoms with van der Waals surface area (Å²) < 4.78 is 46.2. The van der Waals surface area contributed by atoms with Crippen LogP contribution in [0.1, 0.15) is 15.9 Å². The van der Waals surface area contributed by atoms with E-state index in [-0.39, 0.29) is 23.3 Å². The summed E-state index contributed by atoms with van der Waals surface area (Å²) in [5, 5.41) is 10.1. The van der Waals surface area contributed by atoms with Crippen LogP contribution in [0.25, 0.3) is 22.0 Å². The zero-order valence-electron chi connectivity index (χ0n) is 13.0. The number of carbonyl (C=O) groups is 1. The van der Waals surface area contributed by atoms with Crippen LogP contribution in [0.4, 0.5) is 13.2 Å². The molecular formula is C18H12F3NO3. The van der Waals surface area contributed by atoms with Crippen molar-refractivity contribution in [3.63, 3.8) is 0 Å². The Morgan fingerprint density at radius 2 is 1.80 bits per heavy atom. The summed E-state index contributed by atoms with van der Waals surface area (Å²) in [6, 6.07) is 5.46. The molecule has 0 aliphatic rings. The molecule has 3 aromatic rings. The van der Waals surface area contributed by atoms with Crippen LogP contribution in [0.15, 0.2) is 36.5 Å². The highest BCUT2D eigenvalue weighted by Crippen LogP contribution is 2.33. The third kappa shape index (κ3) is 2.94. The Morgan fingerprint density at radius 1 is 1.12 bits per heavy atom. The van der Waals surface area contributed by atoms with E-state index in [9.17, 15) is 23.1 Å². The highest BCUT2D eigenvalue weighted by Gasteiger charge is 2.19. The summed E-state index contributed by atoms with van der Waals surface area (Å²) in [7, 11) is 1.20. The number of hydrogen-bond acceptors (Lipinski definition) is 4. The van der Waals surface area contributed by atoms with E-state index in [1.54, 1.807) is 0 Å². The minimum atomic E-state index is -1.12. The fourth-order valence-electron chi connectivity index (χ4n) is 2.64. The molecule has 0 radical (unpaired) electrons. The number of aliphatic hydroxyl groups excluding tert-OH is 1. The molecule has 0 fully saturated rings. The Kier molecular flexibility index (Phi) is 4.41. The molecule has 0 atom stereocenters. The molecule has 0 aliphatic heterocycles. The zero-order chi connectivity index (χ0) is 18.1. The minimum Gasteiger partial charge on any atom is -0.465 e. The number of benzene rings is 2. The molecular weight excluding hydrogens is 335 g/mol. The second-order valence-electron chi connectivity index (χ2n) is 5.29. The average Bonchev–Trinajstić information content (AvgIpc) is 2.59. The van der Waals surface area contributed by atoms with E-state index < -0.39 is 29.0 Å². The zero-order valence-corrected chi connectivity index (χ0v) is 13.0. The SMILES string of the molecule is COC(=O)c1ccc2c(CO)cnc(-c3c(F)cc(F)cc3F)c2c1. The fraction of sp³-hybridized carbons (Fsp3) is 0.111. The molecule has 0 saturated heterocycles. The average molecular weight is 347 g/mol. The summed E-state index contributed by atoms with van der Waals surface area (Å²) >= 11 is 0. The lowest BCUT2D eigenvalue weighted by atomic mass is 9.98. The fourth-order valence-corrected chi connectivity index (χ4v) is 2.64. The first kappa shape index (κ1) is 16.9. The van der Waals surface area contributed by atoms with Crippen molar-refractivity contribution in [1.82, 2.24) is 4.98 Å². The molecule has 25 heavy (non-hydrogen) atoms. The molecule has 2 aromatic carbocycles. The van der Waals surface area contributed by atoms with Crippen molar-refractivity contribution in [3.8, 4) is 11.3 Å². The summed E-state index contributed by atoms with van der Waals surface area (Å²) in [6.45, 7) is -0.351. The molecule has 0 saturated carbocycles. The second kappa shape index (κ2) is 6.52. The van der Waals surface area contributed by atoms with E-state index in [0.717, 1.165) is 0 Å². The third-order valence-electron chi connectivity index (χ3n) is 3.81. The van der Waals surface area contributed by atoms with Gasteiger partial charge in [-0.1, -0.05) is 6.07 Å². The number of aliphatic hydroxyl groups is 1. The van der Waals surface area contributed by atoms with E-state index in [2.05, 4.69) is 9.72 Å². The number of rotatable bonds is 3. The number of nitrogens with zero attached hydrogens (tertiary/aromatic N) is 1. The summed E-state index contributed by atoms with van der Waals surface area (Å²) in [4.78, 5) is 15.8. The van der Waals surface area contributed by atoms with Crippen molar-refractivity contribution in [3.05, 3.63) is 65.1 Å². The Bertz CT molecular complexity index is 966. The van der Waals surface area contributed by atoms with Crippen LogP contribution in [-0.2, 0) is 11.3 Å². The Balaban J connectivity index is 2.37. The standard InChI is InChI=1S/C18H12F3NO3/c1-25-18(24)9-2-3-12-10(8-23)7-22-17(13(12)4-9)16-14(20)5-11(19)6-15(16)21/h2-7,23H,8H2,1H3. The van der Waals surface area contributed by atoms with Gasteiger partial charge in [0.2, 0.25) is 0 Å². The van der Waals surface area contributed by atoms with Crippen LogP contribution in [0.5, 0.6) is 0 Å². The Labute approximate surface area is 140 Å². The molecule has 0 aliphatic carbocycles. The maximum absolute atomic E-state index is 14.2. The number of halogens is 3. The quantitative estimate of drug-likeness (QED) is 0.736. The number of ether oxygens (including phenoxy) is 1. The molecule has 3 rings (SSSR count). The number of aromatic nitrogens is 1. The maximum Gasteiger partial charge on any atom is 0.337 e. The van der Waals surface area contributed by atoms with Crippen LogP contribution in [0.3, 0.4) is 0 Å². The van der Waals surface area contributed by atoms with Gasteiger partial charge in [-0.3, -0.25) is 4.98 Å². The van der Waals surface area contributed by atoms with Gasteiger partial charge in [0.05, 0.1) is 30.5 Å². The maximum atomic E-state index is 14.2. The van der Waals surface area contributed by atoms with Gasteiger partial charge >= 0.3 is 5.97 Å². The van der Waals surface area contributed by atoms with Crippen molar-refractivity contribution in [2.45, 2.75) is 6.61 Å². The molecule has 0 amide bonds. The number of methoxy groups -OCH3 is 1. The Morgan fingerprint density at radius 3 is 2.40 bits per heavy atom. The van der Waals surface area contributed by atoms with Crippen molar-refractivity contribution in [2.24, 2.45) is 0 Å². The van der Waals surface area contributed by atoms with Crippen LogP contribution >= 0.6 is 0 Å². The summed E-state index contributed by atoms with van der Waals surface area (Å²) in [5.41, 5.74) is -0.0555. The molecule has 0 spiro atoms. The monoisotopic (exact) mass is 347 g/mol. The minimum absolute atomic E-state index is 0.104. The molecule has 1 N–H and O–H groups in total. The molecule has 7 heteroatoms. The number of carbonyl (C=O) groups excluding carboxylic acids is 1. The van der Waals surface area contributed by atoms with Crippen molar-refractivity contribution < 1.29 is 27.8 Å². The van der Waals surface area contributed by atoms with Gasteiger partial charge < -0.3 is 9.84 Å². The highest BCUT2D eigenvalue weighted by atomic mass is 19.1. The lowest BCUT2D eigenvalue weighted by molar-refractivity contribution is 0.0601. The van der Waals surface area contributed by atoms with Gasteiger partial charge in [0, 0.05) is 29.3 Å². The lowest BCUT2D eigenvalue weighted by Gasteiger charge is -2.12. The number of hydrogen-bond donors (Lipinski definition) is 1. The van der Waals surface area contributed by atoms with Gasteiger partial charge in [-0.25, -0.2) is 18.0 Å². The normalized spacial score (nSPS) is 10.9. The molecule has 1 aromatic heterocycles. The molecule has 4 nitrogen and oxygen atoms in total. The van der Waals surface area contributed by atoms with Crippen LogP contribution in [0, 0.1) is 17.5 Å². The van der Waals surface area contributed by atoms with E-state index in [0.29, 0.717) is 23.1 Å². The van der Waals surface area contributed by atoms with Crippen LogP contribution in [-0.4, -0.2) is 23.2 Å². The molecule has 0 bridgehead atoms. The summed E-state index contributed by atoms with van der Waals surface area (Å²) in [6.07, 6.45) is 1.28. The van der Waals surface area contributed by atoms with Gasteiger partial charge in [0.1, 0.15) is 17.5 Å². The van der Waals surface area contributed by atoms with Crippen LogP contribution in [0.2, 0.25) is 0 Å². The van der Waals surface area contributed by atoms with Gasteiger partial charge in [-0.15, -0.1) is 0 Å². The predicted octanol–water partition coefficient (Wildman–Crippen LogP) is 3.60. The van der Waals surface area contributed by atoms with Crippen molar-refractivity contribution in [1.29, 1.82) is 0 Å². The van der Waals surface area contributed by atoms with Crippen molar-refractivity contribution in [2.75, 3.05) is 7.11 Å². The first-order chi connectivity index (χ1) is 12.0. The number of pyridine rings is 1. The van der Waals surface area contributed by atoms with E-state index in [4.69, 9.17) is 0 Å². The van der Waals surface area contributed by atoms with E-state index in [1.165, 1.54) is 31.5 Å². The van der Waals surface area contributed by atoms with Crippen molar-refractivity contribution >= 4 is 16.7 Å². The smallest absolute Gasteiger partial charge is 0.337 e.